The smallest absolute Gasteiger partial charge is 0.204 e. The second-order valence-corrected chi connectivity index (χ2v) is 5.22. The fourth-order valence-corrected chi connectivity index (χ4v) is 2.58. The first kappa shape index (κ1) is 14.8. The number of ether oxygens (including phenoxy) is 2. The predicted molar refractivity (Wildman–Crippen MR) is 74.1 cm³/mol. The van der Waals surface area contributed by atoms with E-state index in [4.69, 9.17) is 9.47 Å². The molecule has 0 saturated heterocycles. The molecule has 2 nitrogen and oxygen atoms in total. The highest BCUT2D eigenvalue weighted by atomic mass is 19.2. The van der Waals surface area contributed by atoms with E-state index in [9.17, 15) is 8.78 Å². The van der Waals surface area contributed by atoms with Crippen LogP contribution < -0.4 is 9.47 Å². The molecule has 0 aliphatic heterocycles. The van der Waals surface area contributed by atoms with Crippen molar-refractivity contribution in [3.05, 3.63) is 36.4 Å². The second kappa shape index (κ2) is 6.73. The summed E-state index contributed by atoms with van der Waals surface area (Å²) in [6.45, 7) is 4.23. The fourth-order valence-electron chi connectivity index (χ4n) is 2.58. The first-order valence-electron chi connectivity index (χ1n) is 6.93. The van der Waals surface area contributed by atoms with Gasteiger partial charge in [-0.25, -0.2) is 0 Å². The third kappa shape index (κ3) is 3.30. The van der Waals surface area contributed by atoms with E-state index >= 15 is 0 Å². The molecule has 1 aliphatic carbocycles. The molecule has 4 heteroatoms. The van der Waals surface area contributed by atoms with Crippen molar-refractivity contribution in [2.75, 3.05) is 13.7 Å². The van der Waals surface area contributed by atoms with Crippen LogP contribution in [-0.4, -0.2) is 13.7 Å². The first-order chi connectivity index (χ1) is 9.65. The van der Waals surface area contributed by atoms with Gasteiger partial charge in [-0.1, -0.05) is 6.08 Å². The zero-order valence-electron chi connectivity index (χ0n) is 11.7. The van der Waals surface area contributed by atoms with Crippen LogP contribution in [0.5, 0.6) is 11.5 Å². The van der Waals surface area contributed by atoms with Crippen LogP contribution in [0.25, 0.3) is 0 Å². The molecule has 0 radical (unpaired) electrons. The molecule has 0 bridgehead atoms. The fraction of sp³-hybridized carbons (Fsp3) is 0.500. The van der Waals surface area contributed by atoms with Crippen molar-refractivity contribution in [1.82, 2.24) is 0 Å². The third-order valence-electron chi connectivity index (χ3n) is 3.93. The van der Waals surface area contributed by atoms with Gasteiger partial charge in [-0.3, -0.25) is 0 Å². The van der Waals surface area contributed by atoms with Crippen molar-refractivity contribution < 1.29 is 18.3 Å². The van der Waals surface area contributed by atoms with Gasteiger partial charge in [0, 0.05) is 0 Å². The summed E-state index contributed by atoms with van der Waals surface area (Å²) >= 11 is 0. The molecule has 1 saturated carbocycles. The highest BCUT2D eigenvalue weighted by Crippen LogP contribution is 2.31. The number of rotatable bonds is 5. The molecular formula is C16H20F2O2. The molecule has 1 aromatic rings. The lowest BCUT2D eigenvalue weighted by atomic mass is 9.82. The molecule has 20 heavy (non-hydrogen) atoms. The number of hydrogen-bond acceptors (Lipinski definition) is 2. The highest BCUT2D eigenvalue weighted by Gasteiger charge is 2.21. The number of benzene rings is 1. The quantitative estimate of drug-likeness (QED) is 0.748. The second-order valence-electron chi connectivity index (χ2n) is 5.22. The van der Waals surface area contributed by atoms with Crippen molar-refractivity contribution >= 4 is 0 Å². The zero-order chi connectivity index (χ0) is 14.5. The minimum absolute atomic E-state index is 0.0471. The summed E-state index contributed by atoms with van der Waals surface area (Å²) in [4.78, 5) is 0. The minimum Gasteiger partial charge on any atom is -0.494 e. The zero-order valence-corrected chi connectivity index (χ0v) is 11.7. The number of hydrogen-bond donors (Lipinski definition) is 0. The van der Waals surface area contributed by atoms with Gasteiger partial charge >= 0.3 is 0 Å². The maximum absolute atomic E-state index is 13.7. The van der Waals surface area contributed by atoms with Crippen LogP contribution in [0.1, 0.15) is 25.7 Å². The Labute approximate surface area is 118 Å². The maximum Gasteiger partial charge on any atom is 0.204 e. The lowest BCUT2D eigenvalue weighted by Crippen LogP contribution is -2.19. The molecule has 0 heterocycles. The Bertz CT molecular complexity index is 466. The van der Waals surface area contributed by atoms with E-state index in [2.05, 4.69) is 6.58 Å². The van der Waals surface area contributed by atoms with E-state index in [1.807, 2.05) is 6.08 Å². The molecule has 1 aliphatic rings. The van der Waals surface area contributed by atoms with E-state index in [-0.39, 0.29) is 11.5 Å². The Hall–Kier alpha value is -1.58. The van der Waals surface area contributed by atoms with Crippen molar-refractivity contribution in [3.63, 3.8) is 0 Å². The van der Waals surface area contributed by atoms with Gasteiger partial charge in [-0.2, -0.15) is 8.78 Å². The lowest BCUT2D eigenvalue weighted by molar-refractivity contribution is 0.187. The van der Waals surface area contributed by atoms with Crippen molar-refractivity contribution in [3.8, 4) is 11.5 Å². The summed E-state index contributed by atoms with van der Waals surface area (Å²) in [6.07, 6.45) is 6.26. The average molecular weight is 282 g/mol. The van der Waals surface area contributed by atoms with Crippen LogP contribution >= 0.6 is 0 Å². The SMILES string of the molecule is C=CC1CCC(COc2ccc(OC)c(F)c2F)CC1. The standard InChI is InChI=1S/C16H20F2O2/c1-3-11-4-6-12(7-5-11)10-20-14-9-8-13(19-2)15(17)16(14)18/h3,8-9,11-12H,1,4-7,10H2,2H3. The van der Waals surface area contributed by atoms with Gasteiger partial charge in [0.2, 0.25) is 11.6 Å². The highest BCUT2D eigenvalue weighted by molar-refractivity contribution is 5.34. The van der Waals surface area contributed by atoms with E-state index in [1.54, 1.807) is 0 Å². The Morgan fingerprint density at radius 1 is 1.15 bits per heavy atom. The van der Waals surface area contributed by atoms with E-state index in [0.717, 1.165) is 25.7 Å². The molecule has 1 aromatic carbocycles. The molecule has 0 unspecified atom stereocenters. The molecule has 110 valence electrons. The van der Waals surface area contributed by atoms with Crippen LogP contribution in [0.2, 0.25) is 0 Å². The van der Waals surface area contributed by atoms with Gasteiger partial charge in [-0.15, -0.1) is 6.58 Å². The summed E-state index contributed by atoms with van der Waals surface area (Å²) in [6, 6.07) is 2.79. The van der Waals surface area contributed by atoms with Gasteiger partial charge in [0.25, 0.3) is 0 Å². The minimum atomic E-state index is -1.000. The van der Waals surface area contributed by atoms with Gasteiger partial charge < -0.3 is 9.47 Å². The molecular weight excluding hydrogens is 262 g/mol. The average Bonchev–Trinajstić information content (AvgIpc) is 2.49. The first-order valence-corrected chi connectivity index (χ1v) is 6.93. The van der Waals surface area contributed by atoms with Gasteiger partial charge in [0.05, 0.1) is 13.7 Å². The van der Waals surface area contributed by atoms with Crippen molar-refractivity contribution in [2.45, 2.75) is 25.7 Å². The van der Waals surface area contributed by atoms with Crippen LogP contribution in [0, 0.1) is 23.5 Å². The molecule has 0 N–H and O–H groups in total. The number of allylic oxidation sites excluding steroid dienone is 1. The van der Waals surface area contributed by atoms with Crippen molar-refractivity contribution in [1.29, 1.82) is 0 Å². The molecule has 0 atom stereocenters. The van der Waals surface area contributed by atoms with Gasteiger partial charge in [-0.05, 0) is 49.7 Å². The van der Waals surface area contributed by atoms with E-state index < -0.39 is 11.6 Å². The number of halogens is 2. The largest absolute Gasteiger partial charge is 0.494 e. The Kier molecular flexibility index (Phi) is 4.99. The predicted octanol–water partition coefficient (Wildman–Crippen LogP) is 4.34. The summed E-state index contributed by atoms with van der Waals surface area (Å²) in [5, 5.41) is 0. The van der Waals surface area contributed by atoms with Crippen LogP contribution in [0.15, 0.2) is 24.8 Å². The van der Waals surface area contributed by atoms with Crippen LogP contribution in [0.4, 0.5) is 8.78 Å². The van der Waals surface area contributed by atoms with Gasteiger partial charge in [0.15, 0.2) is 11.5 Å². The monoisotopic (exact) mass is 282 g/mol. The van der Waals surface area contributed by atoms with Gasteiger partial charge in [0.1, 0.15) is 0 Å². The van der Waals surface area contributed by atoms with Crippen LogP contribution in [0.3, 0.4) is 0 Å². The summed E-state index contributed by atoms with van der Waals surface area (Å²) in [7, 11) is 1.30. The molecule has 2 rings (SSSR count). The lowest BCUT2D eigenvalue weighted by Gasteiger charge is -2.26. The Morgan fingerprint density at radius 3 is 2.35 bits per heavy atom. The van der Waals surface area contributed by atoms with Crippen LogP contribution in [-0.2, 0) is 0 Å². The summed E-state index contributed by atoms with van der Waals surface area (Å²) in [5.41, 5.74) is 0. The topological polar surface area (TPSA) is 18.5 Å². The van der Waals surface area contributed by atoms with E-state index in [1.165, 1.54) is 19.2 Å². The normalized spacial score (nSPS) is 22.4. The summed E-state index contributed by atoms with van der Waals surface area (Å²) in [5.74, 6) is -1.16. The Balaban J connectivity index is 1.91. The molecule has 0 spiro atoms. The molecule has 0 aromatic heterocycles. The Morgan fingerprint density at radius 2 is 1.75 bits per heavy atom. The van der Waals surface area contributed by atoms with E-state index in [0.29, 0.717) is 18.4 Å². The molecule has 0 amide bonds. The number of methoxy groups -OCH3 is 1. The summed E-state index contributed by atoms with van der Waals surface area (Å²) < 4.78 is 37.4. The van der Waals surface area contributed by atoms with Crippen molar-refractivity contribution in [2.24, 2.45) is 11.8 Å². The third-order valence-corrected chi connectivity index (χ3v) is 3.93. The molecule has 1 fully saturated rings. The maximum atomic E-state index is 13.7.